The predicted molar refractivity (Wildman–Crippen MR) is 69.8 cm³/mol. The van der Waals surface area contributed by atoms with Crippen molar-refractivity contribution in [2.75, 3.05) is 5.32 Å². The highest BCUT2D eigenvalue weighted by Gasteiger charge is 2.08. The number of hydrogen-bond acceptors (Lipinski definition) is 6. The number of rotatable bonds is 4. The second-order valence-corrected chi connectivity index (χ2v) is 3.96. The molecule has 0 aliphatic heterocycles. The van der Waals surface area contributed by atoms with E-state index >= 15 is 0 Å². The first-order valence-electron chi connectivity index (χ1n) is 5.25. The maximum absolute atomic E-state index is 10.8. The summed E-state index contributed by atoms with van der Waals surface area (Å²) in [5.74, 6) is -0.934. The summed E-state index contributed by atoms with van der Waals surface area (Å²) >= 11 is 5.94. The molecule has 9 heteroatoms. The number of benzene rings is 1. The Bertz CT molecular complexity index is 704. The van der Waals surface area contributed by atoms with Crippen molar-refractivity contribution < 1.29 is 9.90 Å². The van der Waals surface area contributed by atoms with Crippen LogP contribution in [0.3, 0.4) is 0 Å². The van der Waals surface area contributed by atoms with Crippen molar-refractivity contribution in [3.8, 4) is 6.07 Å². The summed E-state index contributed by atoms with van der Waals surface area (Å²) < 4.78 is 0. The van der Waals surface area contributed by atoms with Gasteiger partial charge in [-0.15, -0.1) is 10.2 Å². The molecule has 1 aromatic heterocycles. The number of nitrogens with one attached hydrogen (secondary N) is 2. The van der Waals surface area contributed by atoms with Gasteiger partial charge in [0.1, 0.15) is 11.6 Å². The molecule has 0 atom stereocenters. The molecule has 1 aromatic carbocycles. The summed E-state index contributed by atoms with van der Waals surface area (Å²) in [6, 6.07) is 6.09. The van der Waals surface area contributed by atoms with Crippen LogP contribution in [-0.2, 0) is 0 Å². The highest BCUT2D eigenvalue weighted by molar-refractivity contribution is 6.33. The van der Waals surface area contributed by atoms with Crippen LogP contribution in [0.4, 0.5) is 5.69 Å². The number of hydrogen-bond donors (Lipinski definition) is 3. The van der Waals surface area contributed by atoms with Crippen LogP contribution >= 0.6 is 11.6 Å². The van der Waals surface area contributed by atoms with Gasteiger partial charge in [-0.05, 0) is 23.4 Å². The van der Waals surface area contributed by atoms with E-state index < -0.39 is 5.97 Å². The number of carboxylic acid groups (broad SMARTS) is 1. The quantitative estimate of drug-likeness (QED) is 0.728. The van der Waals surface area contributed by atoms with Crippen LogP contribution in [0.25, 0.3) is 5.57 Å². The Morgan fingerprint density at radius 2 is 2.35 bits per heavy atom. The minimum atomic E-state index is -1.07. The molecule has 0 fully saturated rings. The number of tetrazole rings is 1. The molecule has 0 amide bonds. The monoisotopic (exact) mass is 290 g/mol. The van der Waals surface area contributed by atoms with E-state index in [9.17, 15) is 4.79 Å². The second kappa shape index (κ2) is 5.81. The highest BCUT2D eigenvalue weighted by atomic mass is 35.5. The molecule has 0 aliphatic carbocycles. The minimum Gasteiger partial charge on any atom is -0.478 e. The number of allylic oxidation sites excluding steroid dienone is 1. The van der Waals surface area contributed by atoms with Crippen LogP contribution in [0.5, 0.6) is 0 Å². The number of aromatic carboxylic acids is 1. The van der Waals surface area contributed by atoms with Crippen LogP contribution in [0.15, 0.2) is 24.4 Å². The van der Waals surface area contributed by atoms with Crippen LogP contribution in [0.1, 0.15) is 16.2 Å². The van der Waals surface area contributed by atoms with E-state index in [1.165, 1.54) is 24.4 Å². The number of H-pyrrole nitrogens is 1. The molecular formula is C11H7ClN6O2. The molecule has 2 rings (SSSR count). The Balaban J connectivity index is 2.22. The van der Waals surface area contributed by atoms with Gasteiger partial charge in [0.05, 0.1) is 16.3 Å². The molecule has 1 heterocycles. The van der Waals surface area contributed by atoms with E-state index in [1.807, 2.05) is 6.07 Å². The van der Waals surface area contributed by atoms with Gasteiger partial charge in [-0.1, -0.05) is 11.6 Å². The first-order valence-corrected chi connectivity index (χ1v) is 5.63. The smallest absolute Gasteiger partial charge is 0.335 e. The molecule has 20 heavy (non-hydrogen) atoms. The van der Waals surface area contributed by atoms with E-state index in [1.54, 1.807) is 0 Å². The van der Waals surface area contributed by atoms with Gasteiger partial charge in [-0.3, -0.25) is 0 Å². The van der Waals surface area contributed by atoms with Crippen molar-refractivity contribution in [3.63, 3.8) is 0 Å². The number of anilines is 1. The number of halogens is 1. The first-order chi connectivity index (χ1) is 9.61. The van der Waals surface area contributed by atoms with Crippen LogP contribution in [0, 0.1) is 11.3 Å². The number of nitrogens with zero attached hydrogens (tertiary/aromatic N) is 4. The number of aromatic nitrogens is 4. The lowest BCUT2D eigenvalue weighted by molar-refractivity contribution is 0.0697. The molecule has 3 N–H and O–H groups in total. The zero-order valence-electron chi connectivity index (χ0n) is 9.83. The summed E-state index contributed by atoms with van der Waals surface area (Å²) in [6.07, 6.45) is 1.35. The molecule has 0 unspecified atom stereocenters. The molecule has 0 bridgehead atoms. The average Bonchev–Trinajstić information content (AvgIpc) is 2.95. The summed E-state index contributed by atoms with van der Waals surface area (Å²) in [5.41, 5.74) is 0.674. The maximum Gasteiger partial charge on any atom is 0.335 e. The van der Waals surface area contributed by atoms with Gasteiger partial charge < -0.3 is 10.4 Å². The number of aromatic amines is 1. The molecule has 0 saturated heterocycles. The van der Waals surface area contributed by atoms with Gasteiger partial charge in [0.25, 0.3) is 0 Å². The zero-order valence-corrected chi connectivity index (χ0v) is 10.6. The van der Waals surface area contributed by atoms with Crippen LogP contribution < -0.4 is 5.32 Å². The van der Waals surface area contributed by atoms with E-state index in [4.69, 9.17) is 22.0 Å². The van der Waals surface area contributed by atoms with Crippen LogP contribution in [0.2, 0.25) is 5.02 Å². The summed E-state index contributed by atoms with van der Waals surface area (Å²) in [7, 11) is 0. The Morgan fingerprint density at radius 1 is 1.55 bits per heavy atom. The van der Waals surface area contributed by atoms with E-state index in [0.717, 1.165) is 0 Å². The molecule has 0 aliphatic rings. The molecule has 2 aromatic rings. The third-order valence-corrected chi connectivity index (χ3v) is 2.61. The highest BCUT2D eigenvalue weighted by Crippen LogP contribution is 2.23. The lowest BCUT2D eigenvalue weighted by atomic mass is 10.2. The molecule has 100 valence electrons. The first kappa shape index (κ1) is 13.5. The Labute approximate surface area is 117 Å². The summed E-state index contributed by atoms with van der Waals surface area (Å²) in [4.78, 5) is 10.8. The third-order valence-electron chi connectivity index (χ3n) is 2.29. The molecule has 0 saturated carbocycles. The number of carbonyl (C=O) groups is 1. The fourth-order valence-electron chi connectivity index (χ4n) is 1.34. The molecule has 0 radical (unpaired) electrons. The van der Waals surface area contributed by atoms with E-state index in [0.29, 0.717) is 5.69 Å². The average molecular weight is 291 g/mol. The number of carboxylic acids is 1. The van der Waals surface area contributed by atoms with Crippen molar-refractivity contribution in [3.05, 3.63) is 40.8 Å². The summed E-state index contributed by atoms with van der Waals surface area (Å²) in [6.45, 7) is 0. The van der Waals surface area contributed by atoms with E-state index in [2.05, 4.69) is 25.9 Å². The summed E-state index contributed by atoms with van der Waals surface area (Å²) in [5, 5.41) is 33.7. The topological polar surface area (TPSA) is 128 Å². The van der Waals surface area contributed by atoms with Gasteiger partial charge in [-0.2, -0.15) is 10.5 Å². The maximum atomic E-state index is 10.8. The predicted octanol–water partition coefficient (Wildman–Crippen LogP) is 1.53. The third kappa shape index (κ3) is 2.90. The standard InChI is InChI=1S/C11H7ClN6O2/c12-8-3-6(11(19)20)1-2-9(8)14-5-7(4-13)10-15-17-18-16-10/h1-3,5,14H,(H,19,20)(H,15,16,17,18). The van der Waals surface area contributed by atoms with Gasteiger partial charge in [-0.25, -0.2) is 4.79 Å². The fourth-order valence-corrected chi connectivity index (χ4v) is 1.57. The largest absolute Gasteiger partial charge is 0.478 e. The van der Waals surface area contributed by atoms with Crippen LogP contribution in [-0.4, -0.2) is 31.7 Å². The SMILES string of the molecule is N#CC(=CNc1ccc(C(=O)O)cc1Cl)c1nn[nH]n1. The fraction of sp³-hybridized carbons (Fsp3) is 0. The lowest BCUT2D eigenvalue weighted by Crippen LogP contribution is -1.98. The second-order valence-electron chi connectivity index (χ2n) is 3.55. The molecular weight excluding hydrogens is 284 g/mol. The Morgan fingerprint density at radius 3 is 2.90 bits per heavy atom. The van der Waals surface area contributed by atoms with Crippen molar-refractivity contribution >= 4 is 28.8 Å². The van der Waals surface area contributed by atoms with Crippen molar-refractivity contribution in [2.45, 2.75) is 0 Å². The van der Waals surface area contributed by atoms with Crippen molar-refractivity contribution in [2.24, 2.45) is 0 Å². The van der Waals surface area contributed by atoms with Crippen molar-refractivity contribution in [1.29, 1.82) is 5.26 Å². The van der Waals surface area contributed by atoms with Gasteiger partial charge in [0, 0.05) is 6.20 Å². The normalized spacial score (nSPS) is 10.9. The zero-order chi connectivity index (χ0) is 14.5. The van der Waals surface area contributed by atoms with Gasteiger partial charge in [0.2, 0.25) is 5.82 Å². The van der Waals surface area contributed by atoms with E-state index in [-0.39, 0.29) is 22.0 Å². The Kier molecular flexibility index (Phi) is 3.93. The molecule has 0 spiro atoms. The lowest BCUT2D eigenvalue weighted by Gasteiger charge is -2.05. The number of nitriles is 1. The van der Waals surface area contributed by atoms with Crippen molar-refractivity contribution in [1.82, 2.24) is 20.6 Å². The minimum absolute atomic E-state index is 0.0724. The molecule has 8 nitrogen and oxygen atoms in total. The Hall–Kier alpha value is -2.92. The van der Waals surface area contributed by atoms with Gasteiger partial charge in [0.15, 0.2) is 0 Å². The van der Waals surface area contributed by atoms with Gasteiger partial charge >= 0.3 is 5.97 Å².